The number of nitrogens with zero attached hydrogens (tertiary/aromatic N) is 2. The van der Waals surface area contributed by atoms with Crippen molar-refractivity contribution in [2.24, 2.45) is 5.41 Å². The van der Waals surface area contributed by atoms with Gasteiger partial charge in [-0.25, -0.2) is 0 Å². The van der Waals surface area contributed by atoms with Gasteiger partial charge in [0.2, 0.25) is 5.91 Å². The molecule has 2 aromatic rings. The van der Waals surface area contributed by atoms with E-state index in [-0.39, 0.29) is 17.9 Å². The molecule has 0 radical (unpaired) electrons. The second kappa shape index (κ2) is 8.96. The quantitative estimate of drug-likeness (QED) is 0.827. The molecular weight excluding hydrogens is 378 g/mol. The minimum Gasteiger partial charge on any atom is -0.368 e. The van der Waals surface area contributed by atoms with Crippen LogP contribution in [-0.4, -0.2) is 54.5 Å². The average molecular weight is 408 g/mol. The summed E-state index contributed by atoms with van der Waals surface area (Å²) in [6, 6.07) is 12.1. The lowest BCUT2D eigenvalue weighted by Crippen LogP contribution is -2.55. The maximum Gasteiger partial charge on any atom is 0.251 e. The van der Waals surface area contributed by atoms with Gasteiger partial charge in [0, 0.05) is 44.7 Å². The Labute approximate surface area is 177 Å². The zero-order valence-electron chi connectivity index (χ0n) is 17.5. The molecule has 1 aromatic heterocycles. The zero-order chi connectivity index (χ0) is 21.0. The highest BCUT2D eigenvalue weighted by Crippen LogP contribution is 2.37. The molecule has 0 spiro atoms. The third-order valence-corrected chi connectivity index (χ3v) is 6.32. The molecule has 0 bridgehead atoms. The summed E-state index contributed by atoms with van der Waals surface area (Å²) in [7, 11) is 1.68. The summed E-state index contributed by atoms with van der Waals surface area (Å²) in [5.41, 5.74) is 2.56. The van der Waals surface area contributed by atoms with Crippen LogP contribution in [0.3, 0.4) is 0 Å². The van der Waals surface area contributed by atoms with E-state index in [1.165, 1.54) is 0 Å². The first-order valence-corrected chi connectivity index (χ1v) is 10.7. The number of nitrogens with one attached hydrogen (secondary N) is 1. The lowest BCUT2D eigenvalue weighted by Gasteiger charge is -2.42. The molecule has 0 unspecified atom stereocenters. The number of rotatable bonds is 5. The number of piperidine rings is 1. The normalized spacial score (nSPS) is 23.9. The van der Waals surface area contributed by atoms with Gasteiger partial charge in [-0.1, -0.05) is 30.3 Å². The minimum atomic E-state index is -0.653. The molecule has 2 atom stereocenters. The van der Waals surface area contributed by atoms with Crippen LogP contribution in [0, 0.1) is 5.41 Å². The van der Waals surface area contributed by atoms with Crippen LogP contribution in [0.2, 0.25) is 0 Å². The molecule has 2 saturated heterocycles. The maximum atomic E-state index is 13.1. The number of ether oxygens (including phenoxy) is 1. The Morgan fingerprint density at radius 3 is 2.83 bits per heavy atom. The molecule has 0 aliphatic carbocycles. The Morgan fingerprint density at radius 1 is 1.23 bits per heavy atom. The monoisotopic (exact) mass is 407 g/mol. The number of likely N-dealkylation sites (tertiary alicyclic amines) is 1. The topological polar surface area (TPSA) is 71.5 Å². The van der Waals surface area contributed by atoms with Gasteiger partial charge >= 0.3 is 0 Å². The van der Waals surface area contributed by atoms with E-state index in [0.29, 0.717) is 26.1 Å². The highest BCUT2D eigenvalue weighted by molar-refractivity contribution is 5.86. The largest absolute Gasteiger partial charge is 0.368 e. The average Bonchev–Trinajstić information content (AvgIpc) is 3.34. The van der Waals surface area contributed by atoms with Crippen LogP contribution in [0.25, 0.3) is 11.1 Å². The minimum absolute atomic E-state index is 0.00618. The van der Waals surface area contributed by atoms with Crippen molar-refractivity contribution in [2.45, 2.75) is 38.2 Å². The van der Waals surface area contributed by atoms with Gasteiger partial charge in [-0.05, 0) is 49.3 Å². The van der Waals surface area contributed by atoms with Crippen LogP contribution in [0.5, 0.6) is 0 Å². The summed E-state index contributed by atoms with van der Waals surface area (Å²) in [6.45, 7) is 1.75. The number of hydrogen-bond donors (Lipinski definition) is 1. The van der Waals surface area contributed by atoms with Crippen molar-refractivity contribution in [3.63, 3.8) is 0 Å². The number of carbonyl (C=O) groups is 2. The second-order valence-electron chi connectivity index (χ2n) is 8.30. The summed E-state index contributed by atoms with van der Waals surface area (Å²) in [4.78, 5) is 32.2. The van der Waals surface area contributed by atoms with Crippen LogP contribution in [0.15, 0.2) is 48.8 Å². The lowest BCUT2D eigenvalue weighted by molar-refractivity contribution is -0.148. The molecule has 3 heterocycles. The smallest absolute Gasteiger partial charge is 0.251 e. The number of pyridine rings is 1. The molecule has 1 N–H and O–H groups in total. The number of hydrogen-bond acceptors (Lipinski definition) is 4. The van der Waals surface area contributed by atoms with Gasteiger partial charge in [0.25, 0.3) is 5.91 Å². The van der Waals surface area contributed by atoms with E-state index in [0.717, 1.165) is 42.4 Å². The van der Waals surface area contributed by atoms with Gasteiger partial charge in [-0.2, -0.15) is 0 Å². The SMILES string of the molecule is CNC(=O)[C@]1(Cc2ccccc2-c2cccnc2)CCCN(C(=O)[C@H]2CCCO2)C1. The molecule has 2 aliphatic rings. The number of carbonyl (C=O) groups excluding carboxylic acids is 2. The van der Waals surface area contributed by atoms with Gasteiger partial charge in [0.1, 0.15) is 6.10 Å². The van der Waals surface area contributed by atoms with Crippen molar-refractivity contribution in [3.8, 4) is 11.1 Å². The Hall–Kier alpha value is -2.73. The van der Waals surface area contributed by atoms with Crippen LogP contribution in [0.1, 0.15) is 31.2 Å². The van der Waals surface area contributed by atoms with Gasteiger partial charge in [0.15, 0.2) is 0 Å². The van der Waals surface area contributed by atoms with E-state index in [1.54, 1.807) is 13.2 Å². The third kappa shape index (κ3) is 4.10. The summed E-state index contributed by atoms with van der Waals surface area (Å²) < 4.78 is 5.62. The molecular formula is C24H29N3O3. The number of benzene rings is 1. The third-order valence-electron chi connectivity index (χ3n) is 6.32. The van der Waals surface area contributed by atoms with Crippen molar-refractivity contribution in [1.29, 1.82) is 0 Å². The summed E-state index contributed by atoms with van der Waals surface area (Å²) in [5.74, 6) is 0.0225. The lowest BCUT2D eigenvalue weighted by atomic mass is 9.73. The fourth-order valence-electron chi connectivity index (χ4n) is 4.81. The summed E-state index contributed by atoms with van der Waals surface area (Å²) >= 11 is 0. The molecule has 0 saturated carbocycles. The molecule has 2 fully saturated rings. The highest BCUT2D eigenvalue weighted by atomic mass is 16.5. The van der Waals surface area contributed by atoms with Crippen LogP contribution < -0.4 is 5.32 Å². The molecule has 1 aromatic carbocycles. The Morgan fingerprint density at radius 2 is 2.10 bits per heavy atom. The van der Waals surface area contributed by atoms with Gasteiger partial charge in [-0.15, -0.1) is 0 Å². The van der Waals surface area contributed by atoms with E-state index in [9.17, 15) is 9.59 Å². The fraction of sp³-hybridized carbons (Fsp3) is 0.458. The van der Waals surface area contributed by atoms with Gasteiger partial charge in [-0.3, -0.25) is 14.6 Å². The molecule has 2 amide bonds. The molecule has 30 heavy (non-hydrogen) atoms. The number of aromatic nitrogens is 1. The molecule has 158 valence electrons. The summed E-state index contributed by atoms with van der Waals surface area (Å²) in [6.07, 6.45) is 7.08. The van der Waals surface area contributed by atoms with Gasteiger partial charge in [0.05, 0.1) is 5.41 Å². The maximum absolute atomic E-state index is 13.1. The molecule has 2 aliphatic heterocycles. The Balaban J connectivity index is 1.64. The zero-order valence-corrected chi connectivity index (χ0v) is 17.5. The standard InChI is InChI=1S/C24H29N3O3/c1-25-23(29)24(11-6-13-27(17-24)22(28)21-10-5-14-30-21)15-18-7-2-3-9-20(18)19-8-4-12-26-16-19/h2-4,7-9,12,16,21H,5-6,10-11,13-15,17H2,1H3,(H,25,29)/t21-,24+/m1/s1. The van der Waals surface area contributed by atoms with Crippen LogP contribution in [0.4, 0.5) is 0 Å². The van der Waals surface area contributed by atoms with Crippen LogP contribution >= 0.6 is 0 Å². The highest BCUT2D eigenvalue weighted by Gasteiger charge is 2.44. The predicted octanol–water partition coefficient (Wildman–Crippen LogP) is 2.82. The summed E-state index contributed by atoms with van der Waals surface area (Å²) in [5, 5.41) is 2.86. The molecule has 6 heteroatoms. The number of amides is 2. The van der Waals surface area contributed by atoms with Gasteiger partial charge < -0.3 is 15.0 Å². The molecule has 4 rings (SSSR count). The fourth-order valence-corrected chi connectivity index (χ4v) is 4.81. The van der Waals surface area contributed by atoms with E-state index in [1.807, 2.05) is 35.4 Å². The van der Waals surface area contributed by atoms with E-state index >= 15 is 0 Å². The molecule has 6 nitrogen and oxygen atoms in total. The van der Waals surface area contributed by atoms with Crippen molar-refractivity contribution < 1.29 is 14.3 Å². The van der Waals surface area contributed by atoms with E-state index < -0.39 is 5.41 Å². The van der Waals surface area contributed by atoms with Crippen LogP contribution in [-0.2, 0) is 20.7 Å². The first-order valence-electron chi connectivity index (χ1n) is 10.7. The first-order chi connectivity index (χ1) is 14.6. The second-order valence-corrected chi connectivity index (χ2v) is 8.30. The van der Waals surface area contributed by atoms with Crippen molar-refractivity contribution in [3.05, 3.63) is 54.4 Å². The predicted molar refractivity (Wildman–Crippen MR) is 115 cm³/mol. The van der Waals surface area contributed by atoms with E-state index in [2.05, 4.69) is 22.4 Å². The van der Waals surface area contributed by atoms with Crippen molar-refractivity contribution >= 4 is 11.8 Å². The first kappa shape index (κ1) is 20.5. The Bertz CT molecular complexity index is 896. The Kier molecular flexibility index (Phi) is 6.13. The van der Waals surface area contributed by atoms with Crippen molar-refractivity contribution in [2.75, 3.05) is 26.7 Å². The van der Waals surface area contributed by atoms with E-state index in [4.69, 9.17) is 4.74 Å². The van der Waals surface area contributed by atoms with Crippen molar-refractivity contribution in [1.82, 2.24) is 15.2 Å².